The first-order valence-corrected chi connectivity index (χ1v) is 9.51. The molecule has 4 heteroatoms. The Labute approximate surface area is 149 Å². The van der Waals surface area contributed by atoms with Crippen molar-refractivity contribution >= 4 is 23.3 Å². The molecule has 0 heterocycles. The lowest BCUT2D eigenvalue weighted by atomic mass is 9.73. The van der Waals surface area contributed by atoms with Crippen LogP contribution in [0.1, 0.15) is 63.4 Å². The normalized spacial score (nSPS) is 25.5. The molecule has 0 bridgehead atoms. The average molecular weight is 348 g/mol. The van der Waals surface area contributed by atoms with Crippen LogP contribution in [-0.4, -0.2) is 23.6 Å². The fraction of sp³-hybridized carbons (Fsp3) is 0.600. The van der Waals surface area contributed by atoms with Gasteiger partial charge in [-0.15, -0.1) is 0 Å². The zero-order valence-corrected chi connectivity index (χ0v) is 15.1. The summed E-state index contributed by atoms with van der Waals surface area (Å²) in [6.07, 6.45) is 8.34. The van der Waals surface area contributed by atoms with Gasteiger partial charge in [0.15, 0.2) is 5.78 Å². The van der Waals surface area contributed by atoms with E-state index in [2.05, 4.69) is 0 Å². The van der Waals surface area contributed by atoms with Gasteiger partial charge in [-0.25, -0.2) is 0 Å². The Balaban J connectivity index is 2.00. The van der Waals surface area contributed by atoms with Crippen molar-refractivity contribution in [3.63, 3.8) is 0 Å². The molecular formula is C20H26ClNO2. The molecule has 1 amide bonds. The van der Waals surface area contributed by atoms with E-state index in [4.69, 9.17) is 11.6 Å². The van der Waals surface area contributed by atoms with E-state index in [9.17, 15) is 9.59 Å². The van der Waals surface area contributed by atoms with E-state index in [1.807, 2.05) is 31.3 Å². The minimum Gasteiger partial charge on any atom is -0.329 e. The van der Waals surface area contributed by atoms with Crippen molar-refractivity contribution in [3.8, 4) is 0 Å². The van der Waals surface area contributed by atoms with Crippen LogP contribution in [0.25, 0.3) is 0 Å². The van der Waals surface area contributed by atoms with Crippen LogP contribution in [0.4, 0.5) is 0 Å². The van der Waals surface area contributed by atoms with Gasteiger partial charge >= 0.3 is 0 Å². The molecule has 2 saturated carbocycles. The van der Waals surface area contributed by atoms with Gasteiger partial charge in [-0.2, -0.15) is 0 Å². The van der Waals surface area contributed by atoms with Gasteiger partial charge in [-0.05, 0) is 38.2 Å². The Bertz CT molecular complexity index is 624. The van der Waals surface area contributed by atoms with Crippen LogP contribution < -0.4 is 0 Å². The first kappa shape index (κ1) is 17.5. The van der Waals surface area contributed by atoms with Gasteiger partial charge in [-0.1, -0.05) is 49.1 Å². The zero-order valence-electron chi connectivity index (χ0n) is 14.4. The highest BCUT2D eigenvalue weighted by Crippen LogP contribution is 2.43. The number of likely N-dealkylation sites (N-methyl/N-ethyl adjacent to an activating group) is 1. The van der Waals surface area contributed by atoms with E-state index in [0.717, 1.165) is 44.1 Å². The number of ketones is 1. The van der Waals surface area contributed by atoms with E-state index >= 15 is 0 Å². The van der Waals surface area contributed by atoms with E-state index in [0.29, 0.717) is 17.9 Å². The molecule has 2 fully saturated rings. The summed E-state index contributed by atoms with van der Waals surface area (Å²) in [5, 5.41) is 0.580. The number of hydrogen-bond donors (Lipinski definition) is 0. The van der Waals surface area contributed by atoms with Crippen molar-refractivity contribution in [2.75, 3.05) is 7.05 Å². The topological polar surface area (TPSA) is 37.4 Å². The molecule has 0 aliphatic heterocycles. The van der Waals surface area contributed by atoms with Crippen LogP contribution in [0.2, 0.25) is 5.02 Å². The summed E-state index contributed by atoms with van der Waals surface area (Å²) >= 11 is 6.46. The largest absolute Gasteiger partial charge is 0.329 e. The van der Waals surface area contributed by atoms with Crippen molar-refractivity contribution in [2.24, 2.45) is 5.92 Å². The third-order valence-corrected chi connectivity index (χ3v) is 6.16. The second kappa shape index (κ2) is 7.26. The number of benzene rings is 1. The summed E-state index contributed by atoms with van der Waals surface area (Å²) in [6, 6.07) is 7.51. The molecule has 3 rings (SSSR count). The summed E-state index contributed by atoms with van der Waals surface area (Å²) in [5.74, 6) is 0.302. The van der Waals surface area contributed by atoms with Gasteiger partial charge in [0.05, 0.1) is 0 Å². The minimum absolute atomic E-state index is 0.0536. The fourth-order valence-corrected chi connectivity index (χ4v) is 4.73. The maximum absolute atomic E-state index is 13.2. The Kier molecular flexibility index (Phi) is 5.29. The minimum atomic E-state index is -0.884. The second-order valence-corrected chi connectivity index (χ2v) is 7.61. The van der Waals surface area contributed by atoms with E-state index in [1.165, 1.54) is 6.42 Å². The van der Waals surface area contributed by atoms with Crippen molar-refractivity contribution in [1.29, 1.82) is 0 Å². The summed E-state index contributed by atoms with van der Waals surface area (Å²) in [7, 11) is 1.81. The van der Waals surface area contributed by atoms with Gasteiger partial charge in [0.25, 0.3) is 0 Å². The van der Waals surface area contributed by atoms with Crippen LogP contribution in [-0.2, 0) is 15.1 Å². The predicted octanol–water partition coefficient (Wildman–Crippen LogP) is 4.72. The summed E-state index contributed by atoms with van der Waals surface area (Å²) in [5.41, 5.74) is -0.0893. The SMILES string of the molecule is CN(C(=O)C1CCCCC1)[C@]1(c2ccccc2Cl)CCCCC1=O. The zero-order chi connectivity index (χ0) is 17.2. The molecule has 0 saturated heterocycles. The molecule has 24 heavy (non-hydrogen) atoms. The number of amides is 1. The van der Waals surface area contributed by atoms with Crippen molar-refractivity contribution in [2.45, 2.75) is 63.3 Å². The molecule has 2 aliphatic carbocycles. The van der Waals surface area contributed by atoms with Gasteiger partial charge in [-0.3, -0.25) is 9.59 Å². The summed E-state index contributed by atoms with van der Waals surface area (Å²) in [6.45, 7) is 0. The molecule has 130 valence electrons. The van der Waals surface area contributed by atoms with Crippen LogP contribution in [0.5, 0.6) is 0 Å². The molecular weight excluding hydrogens is 322 g/mol. The summed E-state index contributed by atoms with van der Waals surface area (Å²) < 4.78 is 0. The van der Waals surface area contributed by atoms with Crippen LogP contribution in [0.15, 0.2) is 24.3 Å². The smallest absolute Gasteiger partial charge is 0.226 e. The highest BCUT2D eigenvalue weighted by atomic mass is 35.5. The highest BCUT2D eigenvalue weighted by Gasteiger charge is 2.48. The van der Waals surface area contributed by atoms with E-state index in [-0.39, 0.29) is 17.6 Å². The predicted molar refractivity (Wildman–Crippen MR) is 96.0 cm³/mol. The van der Waals surface area contributed by atoms with Gasteiger partial charge in [0.1, 0.15) is 5.54 Å². The van der Waals surface area contributed by atoms with E-state index in [1.54, 1.807) is 4.90 Å². The molecule has 3 nitrogen and oxygen atoms in total. The average Bonchev–Trinajstić information content (AvgIpc) is 2.62. The number of halogens is 1. The number of hydrogen-bond acceptors (Lipinski definition) is 2. The number of carbonyl (C=O) groups excluding carboxylic acids is 2. The van der Waals surface area contributed by atoms with Gasteiger partial charge in [0, 0.05) is 30.0 Å². The van der Waals surface area contributed by atoms with Crippen LogP contribution in [0, 0.1) is 5.92 Å². The van der Waals surface area contributed by atoms with Crippen LogP contribution in [0.3, 0.4) is 0 Å². The summed E-state index contributed by atoms with van der Waals surface area (Å²) in [4.78, 5) is 28.0. The fourth-order valence-electron chi connectivity index (χ4n) is 4.44. The Morgan fingerprint density at radius 3 is 2.50 bits per heavy atom. The van der Waals surface area contributed by atoms with E-state index < -0.39 is 5.54 Å². The molecule has 0 N–H and O–H groups in total. The monoisotopic (exact) mass is 347 g/mol. The lowest BCUT2D eigenvalue weighted by Crippen LogP contribution is -2.55. The molecule has 0 spiro atoms. The number of rotatable bonds is 3. The standard InChI is InChI=1S/C20H26ClNO2/c1-22(19(24)15-9-3-2-4-10-15)20(14-8-7-13-18(20)23)16-11-5-6-12-17(16)21/h5-6,11-12,15H,2-4,7-10,13-14H2,1H3/t20-/m0/s1. The van der Waals surface area contributed by atoms with Gasteiger partial charge in [0.2, 0.25) is 5.91 Å². The highest BCUT2D eigenvalue weighted by molar-refractivity contribution is 6.31. The Morgan fingerprint density at radius 2 is 1.83 bits per heavy atom. The van der Waals surface area contributed by atoms with Crippen molar-refractivity contribution in [1.82, 2.24) is 4.90 Å². The molecule has 0 unspecified atom stereocenters. The molecule has 2 aliphatic rings. The molecule has 0 aromatic heterocycles. The Morgan fingerprint density at radius 1 is 1.12 bits per heavy atom. The third-order valence-electron chi connectivity index (χ3n) is 5.83. The first-order valence-electron chi connectivity index (χ1n) is 9.13. The number of nitrogens with zero attached hydrogens (tertiary/aromatic N) is 1. The second-order valence-electron chi connectivity index (χ2n) is 7.20. The lowest BCUT2D eigenvalue weighted by Gasteiger charge is -2.45. The molecule has 1 aromatic carbocycles. The van der Waals surface area contributed by atoms with Crippen molar-refractivity contribution < 1.29 is 9.59 Å². The Hall–Kier alpha value is -1.35. The third kappa shape index (κ3) is 2.99. The maximum Gasteiger partial charge on any atom is 0.226 e. The molecule has 1 aromatic rings. The first-order chi connectivity index (χ1) is 11.6. The quantitative estimate of drug-likeness (QED) is 0.793. The van der Waals surface area contributed by atoms with Crippen LogP contribution >= 0.6 is 11.6 Å². The number of carbonyl (C=O) groups is 2. The lowest BCUT2D eigenvalue weighted by molar-refractivity contribution is -0.151. The van der Waals surface area contributed by atoms with Gasteiger partial charge < -0.3 is 4.90 Å². The number of Topliss-reactive ketones (excluding diaryl/α,β-unsaturated/α-hetero) is 1. The molecule has 0 radical (unpaired) electrons. The maximum atomic E-state index is 13.2. The van der Waals surface area contributed by atoms with Crippen molar-refractivity contribution in [3.05, 3.63) is 34.9 Å². The molecule has 1 atom stereocenters.